The van der Waals surface area contributed by atoms with Crippen molar-refractivity contribution in [3.63, 3.8) is 0 Å². The Morgan fingerprint density at radius 1 is 1.50 bits per heavy atom. The highest BCUT2D eigenvalue weighted by Gasteiger charge is 2.13. The van der Waals surface area contributed by atoms with Crippen LogP contribution in [0, 0.1) is 3.70 Å². The standard InChI is InChI=1S/C10H9IN4O/c1-7(16)9-10(11)15(14-13-9)6-8-4-2-3-5-12-8/h2-5H,6H2,1H3. The lowest BCUT2D eigenvalue weighted by molar-refractivity contribution is 0.101. The molecule has 0 aliphatic carbocycles. The Morgan fingerprint density at radius 3 is 2.88 bits per heavy atom. The van der Waals surface area contributed by atoms with Crippen LogP contribution in [0.5, 0.6) is 0 Å². The number of Topliss-reactive ketones (excluding diaryl/α,β-unsaturated/α-hetero) is 1. The van der Waals surface area contributed by atoms with Gasteiger partial charge in [0.1, 0.15) is 3.70 Å². The summed E-state index contributed by atoms with van der Waals surface area (Å²) in [5, 5.41) is 7.77. The van der Waals surface area contributed by atoms with Crippen LogP contribution in [-0.4, -0.2) is 25.8 Å². The van der Waals surface area contributed by atoms with Gasteiger partial charge in [0.25, 0.3) is 0 Å². The van der Waals surface area contributed by atoms with Gasteiger partial charge in [-0.05, 0) is 34.7 Å². The molecule has 2 aromatic rings. The monoisotopic (exact) mass is 328 g/mol. The van der Waals surface area contributed by atoms with Gasteiger partial charge in [-0.3, -0.25) is 9.78 Å². The number of carbonyl (C=O) groups excluding carboxylic acids is 1. The van der Waals surface area contributed by atoms with E-state index >= 15 is 0 Å². The largest absolute Gasteiger partial charge is 0.293 e. The van der Waals surface area contributed by atoms with Crippen molar-refractivity contribution in [3.8, 4) is 0 Å². The first-order valence-corrected chi connectivity index (χ1v) is 5.76. The van der Waals surface area contributed by atoms with Crippen molar-refractivity contribution in [1.29, 1.82) is 0 Å². The maximum absolute atomic E-state index is 11.2. The fourth-order valence-corrected chi connectivity index (χ4v) is 2.02. The van der Waals surface area contributed by atoms with E-state index in [9.17, 15) is 4.79 Å². The second kappa shape index (κ2) is 4.69. The molecule has 0 spiro atoms. The lowest BCUT2D eigenvalue weighted by Crippen LogP contribution is -2.06. The Kier molecular flexibility index (Phi) is 3.28. The molecule has 0 unspecified atom stereocenters. The van der Waals surface area contributed by atoms with E-state index in [1.54, 1.807) is 10.9 Å². The summed E-state index contributed by atoms with van der Waals surface area (Å²) >= 11 is 2.07. The van der Waals surface area contributed by atoms with Crippen LogP contribution in [0.1, 0.15) is 23.1 Å². The van der Waals surface area contributed by atoms with E-state index in [1.165, 1.54) is 6.92 Å². The molecule has 6 heteroatoms. The molecule has 0 saturated carbocycles. The highest BCUT2D eigenvalue weighted by molar-refractivity contribution is 14.1. The summed E-state index contributed by atoms with van der Waals surface area (Å²) in [5.41, 5.74) is 1.30. The Hall–Kier alpha value is -1.31. The zero-order chi connectivity index (χ0) is 11.5. The van der Waals surface area contributed by atoms with Crippen LogP contribution in [0.25, 0.3) is 0 Å². The topological polar surface area (TPSA) is 60.7 Å². The van der Waals surface area contributed by atoms with Crippen LogP contribution in [0.3, 0.4) is 0 Å². The number of pyridine rings is 1. The normalized spacial score (nSPS) is 10.4. The van der Waals surface area contributed by atoms with Crippen molar-refractivity contribution in [2.75, 3.05) is 0 Å². The molecular formula is C10H9IN4O. The minimum atomic E-state index is -0.0725. The minimum absolute atomic E-state index is 0.0725. The molecular weight excluding hydrogens is 319 g/mol. The van der Waals surface area contributed by atoms with E-state index in [4.69, 9.17) is 0 Å². The first kappa shape index (κ1) is 11.2. The Bertz CT molecular complexity index is 509. The van der Waals surface area contributed by atoms with Crippen molar-refractivity contribution in [1.82, 2.24) is 20.0 Å². The van der Waals surface area contributed by atoms with Crippen LogP contribution < -0.4 is 0 Å². The minimum Gasteiger partial charge on any atom is -0.293 e. The maximum Gasteiger partial charge on any atom is 0.182 e. The van der Waals surface area contributed by atoms with Gasteiger partial charge >= 0.3 is 0 Å². The lowest BCUT2D eigenvalue weighted by atomic mass is 10.3. The predicted octanol–water partition coefficient (Wildman–Crippen LogP) is 1.53. The van der Waals surface area contributed by atoms with Crippen molar-refractivity contribution < 1.29 is 4.79 Å². The van der Waals surface area contributed by atoms with Gasteiger partial charge in [-0.25, -0.2) is 4.68 Å². The highest BCUT2D eigenvalue weighted by Crippen LogP contribution is 2.10. The number of halogens is 1. The summed E-state index contributed by atoms with van der Waals surface area (Å²) in [6.07, 6.45) is 1.73. The van der Waals surface area contributed by atoms with Gasteiger partial charge in [0.05, 0.1) is 12.2 Å². The molecule has 2 rings (SSSR count). The third-order valence-electron chi connectivity index (χ3n) is 2.05. The summed E-state index contributed by atoms with van der Waals surface area (Å²) in [7, 11) is 0. The van der Waals surface area contributed by atoms with Crippen molar-refractivity contribution in [2.24, 2.45) is 0 Å². The molecule has 0 bridgehead atoms. The summed E-state index contributed by atoms with van der Waals surface area (Å²) in [5.74, 6) is -0.0725. The average Bonchev–Trinajstić information content (AvgIpc) is 2.62. The molecule has 5 nitrogen and oxygen atoms in total. The Morgan fingerprint density at radius 2 is 2.31 bits per heavy atom. The Labute approximate surface area is 106 Å². The first-order chi connectivity index (χ1) is 7.68. The number of nitrogens with zero attached hydrogens (tertiary/aromatic N) is 4. The molecule has 0 aliphatic rings. The number of hydrogen-bond acceptors (Lipinski definition) is 4. The van der Waals surface area contributed by atoms with Gasteiger partial charge in [-0.15, -0.1) is 5.10 Å². The molecule has 0 aliphatic heterocycles. The van der Waals surface area contributed by atoms with Gasteiger partial charge in [0.15, 0.2) is 11.5 Å². The molecule has 0 amide bonds. The molecule has 2 aromatic heterocycles. The van der Waals surface area contributed by atoms with Crippen molar-refractivity contribution >= 4 is 28.4 Å². The van der Waals surface area contributed by atoms with Gasteiger partial charge in [-0.1, -0.05) is 11.3 Å². The number of rotatable bonds is 3. The van der Waals surface area contributed by atoms with E-state index in [2.05, 4.69) is 37.9 Å². The zero-order valence-corrected chi connectivity index (χ0v) is 10.7. The summed E-state index contributed by atoms with van der Waals surface area (Å²) in [6.45, 7) is 2.01. The molecule has 0 fully saturated rings. The molecule has 0 N–H and O–H groups in total. The Balaban J connectivity index is 2.26. The lowest BCUT2D eigenvalue weighted by Gasteiger charge is -2.00. The second-order valence-corrected chi connectivity index (χ2v) is 4.29. The number of aromatic nitrogens is 4. The smallest absolute Gasteiger partial charge is 0.182 e. The number of ketones is 1. The SMILES string of the molecule is CC(=O)c1nnn(Cc2ccccn2)c1I. The van der Waals surface area contributed by atoms with Gasteiger partial charge in [0, 0.05) is 13.1 Å². The fraction of sp³-hybridized carbons (Fsp3) is 0.200. The molecule has 0 saturated heterocycles. The third-order valence-corrected chi connectivity index (χ3v) is 3.11. The van der Waals surface area contributed by atoms with Gasteiger partial charge in [0.2, 0.25) is 0 Å². The second-order valence-electron chi connectivity index (χ2n) is 3.26. The maximum atomic E-state index is 11.2. The van der Waals surface area contributed by atoms with Crippen LogP contribution in [0.4, 0.5) is 0 Å². The summed E-state index contributed by atoms with van der Waals surface area (Å²) in [6, 6.07) is 5.68. The number of hydrogen-bond donors (Lipinski definition) is 0. The summed E-state index contributed by atoms with van der Waals surface area (Å²) in [4.78, 5) is 15.4. The van der Waals surface area contributed by atoms with E-state index in [0.717, 1.165) is 9.39 Å². The number of carbonyl (C=O) groups is 1. The molecule has 2 heterocycles. The summed E-state index contributed by atoms with van der Waals surface area (Å²) < 4.78 is 2.41. The first-order valence-electron chi connectivity index (χ1n) is 4.68. The van der Waals surface area contributed by atoms with E-state index in [0.29, 0.717) is 12.2 Å². The molecule has 82 valence electrons. The van der Waals surface area contributed by atoms with Crippen LogP contribution in [0.15, 0.2) is 24.4 Å². The highest BCUT2D eigenvalue weighted by atomic mass is 127. The van der Waals surface area contributed by atoms with Gasteiger partial charge in [-0.2, -0.15) is 0 Å². The van der Waals surface area contributed by atoms with E-state index in [-0.39, 0.29) is 5.78 Å². The van der Waals surface area contributed by atoms with Crippen molar-refractivity contribution in [2.45, 2.75) is 13.5 Å². The van der Waals surface area contributed by atoms with Crippen LogP contribution in [0.2, 0.25) is 0 Å². The molecule has 0 radical (unpaired) electrons. The van der Waals surface area contributed by atoms with Crippen molar-refractivity contribution in [3.05, 3.63) is 39.5 Å². The molecule has 0 aromatic carbocycles. The quantitative estimate of drug-likeness (QED) is 0.633. The zero-order valence-electron chi connectivity index (χ0n) is 8.59. The van der Waals surface area contributed by atoms with Gasteiger partial charge < -0.3 is 0 Å². The molecule has 16 heavy (non-hydrogen) atoms. The predicted molar refractivity (Wildman–Crippen MR) is 66.1 cm³/mol. The van der Waals surface area contributed by atoms with Crippen LogP contribution >= 0.6 is 22.6 Å². The average molecular weight is 328 g/mol. The van der Waals surface area contributed by atoms with Crippen LogP contribution in [-0.2, 0) is 6.54 Å². The third kappa shape index (κ3) is 2.26. The van der Waals surface area contributed by atoms with E-state index < -0.39 is 0 Å². The molecule has 0 atom stereocenters. The van der Waals surface area contributed by atoms with E-state index in [1.807, 2.05) is 18.2 Å². The fourth-order valence-electron chi connectivity index (χ4n) is 1.26.